The molecule has 8 heteroatoms. The van der Waals surface area contributed by atoms with Crippen LogP contribution < -0.4 is 10.1 Å². The summed E-state index contributed by atoms with van der Waals surface area (Å²) in [6.45, 7) is 1.22. The molecular formula is C18H13Cl2N3O3. The molecule has 0 saturated carbocycles. The van der Waals surface area contributed by atoms with Gasteiger partial charge in [-0.2, -0.15) is 0 Å². The number of benzene rings is 2. The largest absolute Gasteiger partial charge is 0.467 e. The smallest absolute Gasteiger partial charge is 0.262 e. The number of ketones is 1. The number of anilines is 1. The number of hydrogen-bond acceptors (Lipinski definition) is 5. The predicted octanol–water partition coefficient (Wildman–Crippen LogP) is 4.16. The molecule has 6 nitrogen and oxygen atoms in total. The molecule has 0 aliphatic carbocycles. The van der Waals surface area contributed by atoms with E-state index in [2.05, 4.69) is 15.3 Å². The molecule has 3 rings (SSSR count). The van der Waals surface area contributed by atoms with Gasteiger partial charge in [-0.15, -0.1) is 0 Å². The van der Waals surface area contributed by atoms with Crippen LogP contribution in [0.5, 0.6) is 5.88 Å². The number of nitrogens with zero attached hydrogens (tertiary/aromatic N) is 2. The second-order valence-corrected chi connectivity index (χ2v) is 6.28. The van der Waals surface area contributed by atoms with Crippen molar-refractivity contribution in [3.05, 3.63) is 58.3 Å². The van der Waals surface area contributed by atoms with Gasteiger partial charge in [0.25, 0.3) is 5.91 Å². The minimum atomic E-state index is -0.375. The van der Waals surface area contributed by atoms with Crippen LogP contribution in [0.2, 0.25) is 10.0 Å². The van der Waals surface area contributed by atoms with Crippen LogP contribution in [0, 0.1) is 0 Å². The van der Waals surface area contributed by atoms with Gasteiger partial charge in [-0.3, -0.25) is 9.59 Å². The summed E-state index contributed by atoms with van der Waals surface area (Å²) in [5, 5.41) is 3.98. The van der Waals surface area contributed by atoms with Crippen molar-refractivity contribution in [2.45, 2.75) is 6.92 Å². The van der Waals surface area contributed by atoms with Crippen LogP contribution in [0.1, 0.15) is 17.3 Å². The highest BCUT2D eigenvalue weighted by Crippen LogP contribution is 2.30. The lowest BCUT2D eigenvalue weighted by Crippen LogP contribution is -2.20. The number of halogens is 2. The normalized spacial score (nSPS) is 10.6. The number of nitrogens with one attached hydrogen (secondary N) is 1. The average molecular weight is 390 g/mol. The van der Waals surface area contributed by atoms with Gasteiger partial charge in [-0.05, 0) is 43.3 Å². The number of carbonyl (C=O) groups excluding carboxylic acids is 2. The van der Waals surface area contributed by atoms with Crippen LogP contribution in [-0.2, 0) is 4.79 Å². The van der Waals surface area contributed by atoms with Crippen LogP contribution in [-0.4, -0.2) is 28.3 Å². The summed E-state index contributed by atoms with van der Waals surface area (Å²) in [5.41, 5.74) is 1.61. The van der Waals surface area contributed by atoms with E-state index in [1.807, 2.05) is 0 Å². The van der Waals surface area contributed by atoms with Gasteiger partial charge in [0, 0.05) is 16.3 Å². The van der Waals surface area contributed by atoms with E-state index < -0.39 is 0 Å². The van der Waals surface area contributed by atoms with Gasteiger partial charge < -0.3 is 10.1 Å². The van der Waals surface area contributed by atoms with E-state index in [1.165, 1.54) is 13.3 Å². The molecule has 1 aromatic heterocycles. The molecule has 0 unspecified atom stereocenters. The molecule has 3 aromatic rings. The molecule has 0 atom stereocenters. The second-order valence-electron chi connectivity index (χ2n) is 5.43. The first-order valence-corrected chi connectivity index (χ1v) is 8.33. The van der Waals surface area contributed by atoms with Gasteiger partial charge in [0.05, 0.1) is 15.9 Å². The molecule has 2 aromatic carbocycles. The highest BCUT2D eigenvalue weighted by molar-refractivity contribution is 6.38. The summed E-state index contributed by atoms with van der Waals surface area (Å²) in [6.07, 6.45) is 1.30. The number of hydrogen-bond donors (Lipinski definition) is 1. The fraction of sp³-hybridized carbons (Fsp3) is 0.111. The molecule has 0 aliphatic heterocycles. The summed E-state index contributed by atoms with van der Waals surface area (Å²) < 4.78 is 5.49. The van der Waals surface area contributed by atoms with Gasteiger partial charge in [0.1, 0.15) is 6.33 Å². The molecule has 1 heterocycles. The SMILES string of the molecule is CC(=O)c1ccc(NC(=O)COc2ncnc3c(Cl)cc(Cl)cc23)cc1. The van der Waals surface area contributed by atoms with Crippen molar-refractivity contribution in [1.82, 2.24) is 9.97 Å². The molecule has 132 valence electrons. The van der Waals surface area contributed by atoms with Gasteiger partial charge in [0.2, 0.25) is 5.88 Å². The Morgan fingerprint density at radius 3 is 2.54 bits per heavy atom. The number of ether oxygens (including phenoxy) is 1. The van der Waals surface area contributed by atoms with Crippen LogP contribution in [0.15, 0.2) is 42.7 Å². The Hall–Kier alpha value is -2.70. The zero-order chi connectivity index (χ0) is 18.7. The van der Waals surface area contributed by atoms with E-state index in [0.717, 1.165) is 0 Å². The monoisotopic (exact) mass is 389 g/mol. The van der Waals surface area contributed by atoms with E-state index in [1.54, 1.807) is 36.4 Å². The fourth-order valence-electron chi connectivity index (χ4n) is 2.30. The molecule has 0 bridgehead atoms. The Morgan fingerprint density at radius 2 is 1.85 bits per heavy atom. The van der Waals surface area contributed by atoms with Crippen molar-refractivity contribution < 1.29 is 14.3 Å². The predicted molar refractivity (Wildman–Crippen MR) is 100 cm³/mol. The van der Waals surface area contributed by atoms with Crippen LogP contribution in [0.25, 0.3) is 10.9 Å². The van der Waals surface area contributed by atoms with Gasteiger partial charge in [-0.25, -0.2) is 9.97 Å². The van der Waals surface area contributed by atoms with Crippen molar-refractivity contribution in [2.24, 2.45) is 0 Å². The summed E-state index contributed by atoms with van der Waals surface area (Å²) in [7, 11) is 0. The van der Waals surface area contributed by atoms with E-state index in [-0.39, 0.29) is 24.2 Å². The minimum Gasteiger partial charge on any atom is -0.467 e. The summed E-state index contributed by atoms with van der Waals surface area (Å²) in [6, 6.07) is 9.76. The third-order valence-corrected chi connectivity index (χ3v) is 4.04. The Morgan fingerprint density at radius 1 is 1.12 bits per heavy atom. The zero-order valence-corrected chi connectivity index (χ0v) is 15.1. The molecule has 0 spiro atoms. The molecule has 1 N–H and O–H groups in total. The molecular weight excluding hydrogens is 377 g/mol. The van der Waals surface area contributed by atoms with Gasteiger partial charge >= 0.3 is 0 Å². The van der Waals surface area contributed by atoms with E-state index in [0.29, 0.717) is 32.2 Å². The third-order valence-electron chi connectivity index (χ3n) is 3.54. The highest BCUT2D eigenvalue weighted by atomic mass is 35.5. The molecule has 26 heavy (non-hydrogen) atoms. The summed E-state index contributed by atoms with van der Waals surface area (Å²) in [5.74, 6) is -0.207. The van der Waals surface area contributed by atoms with Crippen LogP contribution >= 0.6 is 23.2 Å². The first-order chi connectivity index (χ1) is 12.4. The number of amides is 1. The number of carbonyl (C=O) groups is 2. The lowest BCUT2D eigenvalue weighted by molar-refractivity contribution is -0.118. The van der Waals surface area contributed by atoms with Gasteiger partial charge in [-0.1, -0.05) is 23.2 Å². The second kappa shape index (κ2) is 7.68. The molecule has 1 amide bonds. The van der Waals surface area contributed by atoms with Crippen molar-refractivity contribution in [3.63, 3.8) is 0 Å². The summed E-state index contributed by atoms with van der Waals surface area (Å²) >= 11 is 12.1. The van der Waals surface area contributed by atoms with E-state index >= 15 is 0 Å². The maximum absolute atomic E-state index is 12.1. The number of rotatable bonds is 5. The van der Waals surface area contributed by atoms with Crippen molar-refractivity contribution in [2.75, 3.05) is 11.9 Å². The molecule has 0 aliphatic rings. The van der Waals surface area contributed by atoms with Crippen molar-refractivity contribution in [1.29, 1.82) is 0 Å². The van der Waals surface area contributed by atoms with Crippen molar-refractivity contribution >= 4 is 51.5 Å². The lowest BCUT2D eigenvalue weighted by atomic mass is 10.1. The quantitative estimate of drug-likeness (QED) is 0.662. The number of aromatic nitrogens is 2. The topological polar surface area (TPSA) is 81.2 Å². The zero-order valence-electron chi connectivity index (χ0n) is 13.6. The average Bonchev–Trinajstić information content (AvgIpc) is 2.60. The Labute approximate surface area is 159 Å². The fourth-order valence-corrected chi connectivity index (χ4v) is 2.85. The van der Waals surface area contributed by atoms with E-state index in [4.69, 9.17) is 27.9 Å². The molecule has 0 saturated heterocycles. The Bertz CT molecular complexity index is 991. The lowest BCUT2D eigenvalue weighted by Gasteiger charge is -2.09. The van der Waals surface area contributed by atoms with E-state index in [9.17, 15) is 9.59 Å². The Balaban J connectivity index is 1.70. The first-order valence-electron chi connectivity index (χ1n) is 7.57. The number of Topliss-reactive ketones (excluding diaryl/α,β-unsaturated/α-hetero) is 1. The van der Waals surface area contributed by atoms with Crippen LogP contribution in [0.4, 0.5) is 5.69 Å². The third kappa shape index (κ3) is 4.09. The maximum atomic E-state index is 12.1. The van der Waals surface area contributed by atoms with Gasteiger partial charge in [0.15, 0.2) is 12.4 Å². The maximum Gasteiger partial charge on any atom is 0.262 e. The van der Waals surface area contributed by atoms with Crippen LogP contribution in [0.3, 0.4) is 0 Å². The molecule has 0 radical (unpaired) electrons. The summed E-state index contributed by atoms with van der Waals surface area (Å²) in [4.78, 5) is 31.5. The minimum absolute atomic E-state index is 0.0424. The standard InChI is InChI=1S/C18H13Cl2N3O3/c1-10(24)11-2-4-13(5-3-11)23-16(25)8-26-18-14-6-12(19)7-15(20)17(14)21-9-22-18/h2-7,9H,8H2,1H3,(H,23,25). The molecule has 0 fully saturated rings. The highest BCUT2D eigenvalue weighted by Gasteiger charge is 2.12. The number of fused-ring (bicyclic) bond motifs is 1. The first kappa shape index (κ1) is 18.1. The van der Waals surface area contributed by atoms with Crippen molar-refractivity contribution in [3.8, 4) is 5.88 Å². The Kier molecular flexibility index (Phi) is 5.35.